The van der Waals surface area contributed by atoms with E-state index >= 15 is 0 Å². The standard InChI is InChI=1S/C27H21BrO/c1-27(2)23-10-6-7-11-25(23)29-26-17-19(12-13-24(26)27)21-14-20(15-22(28)16-21)18-8-4-3-5-9-18/h3-17H,1-2H3. The maximum absolute atomic E-state index is 6.31. The molecular weight excluding hydrogens is 420 g/mol. The number of halogens is 1. The molecule has 0 atom stereocenters. The molecule has 1 heterocycles. The molecule has 0 aromatic heterocycles. The third-order valence-corrected chi connectivity index (χ3v) is 6.23. The lowest BCUT2D eigenvalue weighted by atomic mass is 9.75. The molecule has 0 fully saturated rings. The van der Waals surface area contributed by atoms with Gasteiger partial charge < -0.3 is 4.74 Å². The molecule has 0 saturated heterocycles. The molecule has 4 aromatic carbocycles. The summed E-state index contributed by atoms with van der Waals surface area (Å²) in [5, 5.41) is 0. The molecule has 0 saturated carbocycles. The summed E-state index contributed by atoms with van der Waals surface area (Å²) >= 11 is 3.69. The van der Waals surface area contributed by atoms with Gasteiger partial charge >= 0.3 is 0 Å². The van der Waals surface area contributed by atoms with Crippen LogP contribution in [0.15, 0.2) is 95.5 Å². The highest BCUT2D eigenvalue weighted by Gasteiger charge is 2.33. The molecule has 0 unspecified atom stereocenters. The van der Waals surface area contributed by atoms with Gasteiger partial charge in [0.15, 0.2) is 0 Å². The molecule has 0 N–H and O–H groups in total. The van der Waals surface area contributed by atoms with E-state index in [0.717, 1.165) is 21.5 Å². The summed E-state index contributed by atoms with van der Waals surface area (Å²) in [5.74, 6) is 1.88. The number of rotatable bonds is 2. The van der Waals surface area contributed by atoms with E-state index in [0.29, 0.717) is 0 Å². The molecular formula is C27H21BrO. The van der Waals surface area contributed by atoms with Gasteiger partial charge in [-0.3, -0.25) is 0 Å². The highest BCUT2D eigenvalue weighted by Crippen LogP contribution is 2.48. The van der Waals surface area contributed by atoms with E-state index in [4.69, 9.17) is 4.74 Å². The Morgan fingerprint density at radius 2 is 1.24 bits per heavy atom. The zero-order valence-electron chi connectivity index (χ0n) is 16.4. The van der Waals surface area contributed by atoms with Crippen LogP contribution in [0.4, 0.5) is 0 Å². The van der Waals surface area contributed by atoms with Crippen LogP contribution in [-0.2, 0) is 5.41 Å². The molecule has 2 heteroatoms. The number of fused-ring (bicyclic) bond motifs is 2. The molecule has 0 bridgehead atoms. The Bertz CT molecular complexity index is 1210. The van der Waals surface area contributed by atoms with E-state index < -0.39 is 0 Å². The summed E-state index contributed by atoms with van der Waals surface area (Å²) in [6.45, 7) is 4.53. The minimum Gasteiger partial charge on any atom is -0.457 e. The lowest BCUT2D eigenvalue weighted by Crippen LogP contribution is -2.24. The summed E-state index contributed by atoms with van der Waals surface area (Å²) in [4.78, 5) is 0. The maximum Gasteiger partial charge on any atom is 0.132 e. The van der Waals surface area contributed by atoms with Crippen LogP contribution >= 0.6 is 15.9 Å². The molecule has 4 aromatic rings. The number of para-hydroxylation sites is 1. The van der Waals surface area contributed by atoms with Crippen LogP contribution in [0.2, 0.25) is 0 Å². The summed E-state index contributed by atoms with van der Waals surface area (Å²) in [7, 11) is 0. The van der Waals surface area contributed by atoms with E-state index in [2.05, 4.69) is 109 Å². The van der Waals surface area contributed by atoms with Gasteiger partial charge in [0.05, 0.1) is 0 Å². The van der Waals surface area contributed by atoms with Gasteiger partial charge in [-0.1, -0.05) is 90.4 Å². The van der Waals surface area contributed by atoms with E-state index in [-0.39, 0.29) is 5.41 Å². The second kappa shape index (κ2) is 6.89. The molecule has 1 aliphatic rings. The maximum atomic E-state index is 6.31. The van der Waals surface area contributed by atoms with Crippen LogP contribution in [-0.4, -0.2) is 0 Å². The van der Waals surface area contributed by atoms with Gasteiger partial charge in [0.25, 0.3) is 0 Å². The minimum atomic E-state index is -0.0881. The van der Waals surface area contributed by atoms with Gasteiger partial charge in [-0.15, -0.1) is 0 Å². The summed E-state index contributed by atoms with van der Waals surface area (Å²) < 4.78 is 7.38. The first-order valence-corrected chi connectivity index (χ1v) is 10.6. The first kappa shape index (κ1) is 18.2. The number of hydrogen-bond acceptors (Lipinski definition) is 1. The average Bonchev–Trinajstić information content (AvgIpc) is 2.74. The predicted octanol–water partition coefficient (Wildman–Crippen LogP) is 8.21. The Morgan fingerprint density at radius 1 is 0.586 bits per heavy atom. The number of ether oxygens (including phenoxy) is 1. The summed E-state index contributed by atoms with van der Waals surface area (Å²) in [5.41, 5.74) is 7.08. The molecule has 0 spiro atoms. The Balaban J connectivity index is 1.61. The normalized spacial score (nSPS) is 13.9. The quantitative estimate of drug-likeness (QED) is 0.305. The molecule has 1 nitrogen and oxygen atoms in total. The van der Waals surface area contributed by atoms with Crippen molar-refractivity contribution in [2.24, 2.45) is 0 Å². The molecule has 1 aliphatic heterocycles. The van der Waals surface area contributed by atoms with Crippen LogP contribution in [0.25, 0.3) is 22.3 Å². The van der Waals surface area contributed by atoms with Crippen LogP contribution in [0.5, 0.6) is 11.5 Å². The highest BCUT2D eigenvalue weighted by atomic mass is 79.9. The van der Waals surface area contributed by atoms with Crippen molar-refractivity contribution in [2.45, 2.75) is 19.3 Å². The van der Waals surface area contributed by atoms with Crippen LogP contribution in [0, 0.1) is 0 Å². The molecule has 0 radical (unpaired) electrons. The van der Waals surface area contributed by atoms with E-state index in [1.807, 2.05) is 12.1 Å². The lowest BCUT2D eigenvalue weighted by molar-refractivity contribution is 0.418. The SMILES string of the molecule is CC1(C)c2ccccc2Oc2cc(-c3cc(Br)cc(-c4ccccc4)c3)ccc21. The molecule has 5 rings (SSSR count). The van der Waals surface area contributed by atoms with Crippen molar-refractivity contribution in [3.63, 3.8) is 0 Å². The fourth-order valence-electron chi connectivity index (χ4n) is 4.19. The molecule has 142 valence electrons. The number of benzene rings is 4. The van der Waals surface area contributed by atoms with Gasteiger partial charge in [-0.05, 0) is 52.6 Å². The Hall–Kier alpha value is -2.84. The summed E-state index contributed by atoms with van der Waals surface area (Å²) in [6.07, 6.45) is 0. The second-order valence-electron chi connectivity index (χ2n) is 8.03. The molecule has 0 aliphatic carbocycles. The summed E-state index contributed by atoms with van der Waals surface area (Å²) in [6, 6.07) is 31.9. The van der Waals surface area contributed by atoms with Crippen molar-refractivity contribution >= 4 is 15.9 Å². The van der Waals surface area contributed by atoms with Crippen molar-refractivity contribution in [3.8, 4) is 33.8 Å². The first-order valence-electron chi connectivity index (χ1n) is 9.81. The first-order chi connectivity index (χ1) is 14.0. The van der Waals surface area contributed by atoms with Gasteiger partial charge in [-0.25, -0.2) is 0 Å². The Kier molecular flexibility index (Phi) is 4.33. The third kappa shape index (κ3) is 3.18. The van der Waals surface area contributed by atoms with Gasteiger partial charge in [0, 0.05) is 21.0 Å². The third-order valence-electron chi connectivity index (χ3n) is 5.77. The van der Waals surface area contributed by atoms with E-state index in [9.17, 15) is 0 Å². The van der Waals surface area contributed by atoms with E-state index in [1.54, 1.807) is 0 Å². The topological polar surface area (TPSA) is 9.23 Å². The van der Waals surface area contributed by atoms with Gasteiger partial charge in [0.2, 0.25) is 0 Å². The monoisotopic (exact) mass is 440 g/mol. The van der Waals surface area contributed by atoms with Crippen molar-refractivity contribution in [1.29, 1.82) is 0 Å². The Labute approximate surface area is 180 Å². The van der Waals surface area contributed by atoms with Gasteiger partial charge in [0.1, 0.15) is 11.5 Å². The average molecular weight is 441 g/mol. The molecule has 0 amide bonds. The van der Waals surface area contributed by atoms with Crippen molar-refractivity contribution in [3.05, 3.63) is 107 Å². The second-order valence-corrected chi connectivity index (χ2v) is 8.94. The van der Waals surface area contributed by atoms with Crippen molar-refractivity contribution in [2.75, 3.05) is 0 Å². The van der Waals surface area contributed by atoms with Crippen LogP contribution in [0.3, 0.4) is 0 Å². The molecule has 29 heavy (non-hydrogen) atoms. The predicted molar refractivity (Wildman–Crippen MR) is 124 cm³/mol. The van der Waals surface area contributed by atoms with Crippen molar-refractivity contribution < 1.29 is 4.74 Å². The smallest absolute Gasteiger partial charge is 0.132 e. The van der Waals surface area contributed by atoms with Crippen LogP contribution < -0.4 is 4.74 Å². The number of hydrogen-bond donors (Lipinski definition) is 0. The van der Waals surface area contributed by atoms with Crippen LogP contribution in [0.1, 0.15) is 25.0 Å². The fourth-order valence-corrected chi connectivity index (χ4v) is 4.69. The van der Waals surface area contributed by atoms with E-state index in [1.165, 1.54) is 27.8 Å². The largest absolute Gasteiger partial charge is 0.457 e. The zero-order chi connectivity index (χ0) is 20.0. The highest BCUT2D eigenvalue weighted by molar-refractivity contribution is 9.10. The Morgan fingerprint density at radius 3 is 2.03 bits per heavy atom. The lowest BCUT2D eigenvalue weighted by Gasteiger charge is -2.34. The van der Waals surface area contributed by atoms with Gasteiger partial charge in [-0.2, -0.15) is 0 Å². The van der Waals surface area contributed by atoms with Crippen molar-refractivity contribution in [1.82, 2.24) is 0 Å². The zero-order valence-corrected chi connectivity index (χ0v) is 18.0. The minimum absolute atomic E-state index is 0.0881. The fraction of sp³-hybridized carbons (Fsp3) is 0.111.